The van der Waals surface area contributed by atoms with E-state index in [0.29, 0.717) is 11.7 Å². The van der Waals surface area contributed by atoms with Crippen molar-refractivity contribution >= 4 is 17.5 Å². The molecule has 1 aromatic heterocycles. The molecule has 4 N–H and O–H groups in total. The van der Waals surface area contributed by atoms with Gasteiger partial charge in [0.2, 0.25) is 0 Å². The van der Waals surface area contributed by atoms with Crippen molar-refractivity contribution < 1.29 is 9.90 Å². The van der Waals surface area contributed by atoms with Crippen LogP contribution < -0.4 is 11.1 Å². The molecule has 0 spiro atoms. The molecule has 0 aliphatic rings. The van der Waals surface area contributed by atoms with Gasteiger partial charge in [0, 0.05) is 6.04 Å². The van der Waals surface area contributed by atoms with Gasteiger partial charge in [-0.25, -0.2) is 9.78 Å². The molecule has 0 bridgehead atoms. The number of hydrogen-bond donors (Lipinski definition) is 3. The number of pyridine rings is 1. The van der Waals surface area contributed by atoms with E-state index in [0.717, 1.165) is 6.42 Å². The second-order valence-corrected chi connectivity index (χ2v) is 4.37. The molecule has 1 rings (SSSR count). The summed E-state index contributed by atoms with van der Waals surface area (Å²) in [6.07, 6.45) is 2.32. The van der Waals surface area contributed by atoms with E-state index in [4.69, 9.17) is 10.8 Å². The first-order valence-electron chi connectivity index (χ1n) is 5.71. The van der Waals surface area contributed by atoms with Crippen molar-refractivity contribution in [1.29, 1.82) is 0 Å². The van der Waals surface area contributed by atoms with E-state index in [1.807, 2.05) is 0 Å². The van der Waals surface area contributed by atoms with Crippen LogP contribution in [0.2, 0.25) is 0 Å². The Labute approximate surface area is 101 Å². The lowest BCUT2D eigenvalue weighted by Gasteiger charge is -2.21. The highest BCUT2D eigenvalue weighted by Crippen LogP contribution is 2.18. The maximum absolute atomic E-state index is 10.9. The van der Waals surface area contributed by atoms with Gasteiger partial charge in [0.15, 0.2) is 0 Å². The number of aromatic carboxylic acids is 1. The number of rotatable bonds is 5. The summed E-state index contributed by atoms with van der Waals surface area (Å²) in [6, 6.07) is 1.75. The van der Waals surface area contributed by atoms with Gasteiger partial charge in [0.05, 0.1) is 17.4 Å². The third kappa shape index (κ3) is 3.34. The Kier molecular flexibility index (Phi) is 4.31. The third-order valence-electron chi connectivity index (χ3n) is 2.74. The van der Waals surface area contributed by atoms with Crippen molar-refractivity contribution in [3.63, 3.8) is 0 Å². The molecule has 0 aliphatic heterocycles. The van der Waals surface area contributed by atoms with Gasteiger partial charge in [0.1, 0.15) is 5.82 Å². The number of nitrogens with two attached hydrogens (primary N) is 1. The largest absolute Gasteiger partial charge is 0.478 e. The maximum atomic E-state index is 10.9. The molecule has 0 fully saturated rings. The van der Waals surface area contributed by atoms with Gasteiger partial charge >= 0.3 is 5.97 Å². The van der Waals surface area contributed by atoms with Crippen LogP contribution in [-0.2, 0) is 0 Å². The van der Waals surface area contributed by atoms with E-state index in [1.54, 1.807) is 0 Å². The fourth-order valence-electron chi connectivity index (χ4n) is 1.66. The highest BCUT2D eigenvalue weighted by Gasteiger charge is 2.14. The minimum Gasteiger partial charge on any atom is -0.478 e. The van der Waals surface area contributed by atoms with Crippen molar-refractivity contribution in [2.45, 2.75) is 33.2 Å². The average molecular weight is 237 g/mol. The number of carboxylic acids is 1. The molecule has 0 radical (unpaired) electrons. The standard InChI is InChI=1S/C12H19N3O2/c1-4-10(7(2)3)15-11-5-8(12(16)17)9(13)6-14-11/h5-7,10H,4,13H2,1-3H3,(H,14,15)(H,16,17). The van der Waals surface area contributed by atoms with Gasteiger partial charge in [-0.05, 0) is 18.4 Å². The Balaban J connectivity index is 2.92. The van der Waals surface area contributed by atoms with Crippen molar-refractivity contribution in [2.24, 2.45) is 5.92 Å². The minimum atomic E-state index is -1.04. The Bertz CT molecular complexity index is 405. The van der Waals surface area contributed by atoms with E-state index in [-0.39, 0.29) is 17.3 Å². The summed E-state index contributed by atoms with van der Waals surface area (Å²) in [5.41, 5.74) is 5.81. The summed E-state index contributed by atoms with van der Waals surface area (Å²) in [5, 5.41) is 12.2. The zero-order valence-corrected chi connectivity index (χ0v) is 10.4. The molecule has 0 aromatic carbocycles. The number of nitrogens with one attached hydrogen (secondary N) is 1. The molecule has 5 nitrogen and oxygen atoms in total. The summed E-state index contributed by atoms with van der Waals surface area (Å²) in [7, 11) is 0. The van der Waals surface area contributed by atoms with E-state index in [9.17, 15) is 4.79 Å². The topological polar surface area (TPSA) is 88.2 Å². The van der Waals surface area contributed by atoms with Crippen molar-refractivity contribution in [2.75, 3.05) is 11.1 Å². The molecule has 94 valence electrons. The highest BCUT2D eigenvalue weighted by molar-refractivity contribution is 5.94. The number of anilines is 2. The summed E-state index contributed by atoms with van der Waals surface area (Å²) in [4.78, 5) is 15.0. The van der Waals surface area contributed by atoms with Crippen LogP contribution in [0.1, 0.15) is 37.6 Å². The molecule has 0 saturated heterocycles. The monoisotopic (exact) mass is 237 g/mol. The lowest BCUT2D eigenvalue weighted by atomic mass is 10.0. The molecule has 1 atom stereocenters. The number of carboxylic acid groups (broad SMARTS) is 1. The number of aromatic nitrogens is 1. The fourth-order valence-corrected chi connectivity index (χ4v) is 1.66. The predicted octanol–water partition coefficient (Wildman–Crippen LogP) is 2.21. The van der Waals surface area contributed by atoms with Crippen LogP contribution in [0.15, 0.2) is 12.3 Å². The van der Waals surface area contributed by atoms with Gasteiger partial charge in [-0.15, -0.1) is 0 Å². The Morgan fingerprint density at radius 2 is 2.24 bits per heavy atom. The first-order chi connectivity index (χ1) is 7.95. The minimum absolute atomic E-state index is 0.0844. The molecule has 5 heteroatoms. The zero-order valence-electron chi connectivity index (χ0n) is 10.4. The summed E-state index contributed by atoms with van der Waals surface area (Å²) < 4.78 is 0. The molecule has 0 saturated carbocycles. The molecule has 1 unspecified atom stereocenters. The second-order valence-electron chi connectivity index (χ2n) is 4.37. The fraction of sp³-hybridized carbons (Fsp3) is 0.500. The number of nitrogen functional groups attached to an aromatic ring is 1. The normalized spacial score (nSPS) is 12.5. The molecule has 0 amide bonds. The van der Waals surface area contributed by atoms with Crippen LogP contribution in [0.4, 0.5) is 11.5 Å². The van der Waals surface area contributed by atoms with Crippen LogP contribution in [0.3, 0.4) is 0 Å². The van der Waals surface area contributed by atoms with Crippen LogP contribution in [0.25, 0.3) is 0 Å². The van der Waals surface area contributed by atoms with Crippen molar-refractivity contribution in [1.82, 2.24) is 4.98 Å². The van der Waals surface area contributed by atoms with E-state index < -0.39 is 5.97 Å². The lowest BCUT2D eigenvalue weighted by Crippen LogP contribution is -2.25. The SMILES string of the molecule is CCC(Nc1cc(C(=O)O)c(N)cn1)C(C)C. The Morgan fingerprint density at radius 3 is 2.71 bits per heavy atom. The second kappa shape index (κ2) is 5.52. The molecule has 1 aromatic rings. The van der Waals surface area contributed by atoms with Gasteiger partial charge in [-0.3, -0.25) is 0 Å². The van der Waals surface area contributed by atoms with Gasteiger partial charge in [0.25, 0.3) is 0 Å². The average Bonchev–Trinajstić information content (AvgIpc) is 2.27. The van der Waals surface area contributed by atoms with Crippen LogP contribution >= 0.6 is 0 Å². The van der Waals surface area contributed by atoms with E-state index in [1.165, 1.54) is 12.3 Å². The Morgan fingerprint density at radius 1 is 1.59 bits per heavy atom. The number of hydrogen-bond acceptors (Lipinski definition) is 4. The smallest absolute Gasteiger partial charge is 0.337 e. The Hall–Kier alpha value is -1.78. The summed E-state index contributed by atoms with van der Waals surface area (Å²) >= 11 is 0. The first-order valence-corrected chi connectivity index (χ1v) is 5.71. The quantitative estimate of drug-likeness (QED) is 0.730. The van der Waals surface area contributed by atoms with Gasteiger partial charge in [-0.2, -0.15) is 0 Å². The molecular weight excluding hydrogens is 218 g/mol. The van der Waals surface area contributed by atoms with Crippen molar-refractivity contribution in [3.8, 4) is 0 Å². The molecule has 0 aliphatic carbocycles. The van der Waals surface area contributed by atoms with E-state index >= 15 is 0 Å². The van der Waals surface area contributed by atoms with Crippen LogP contribution in [-0.4, -0.2) is 22.1 Å². The van der Waals surface area contributed by atoms with Crippen LogP contribution in [0.5, 0.6) is 0 Å². The molecule has 1 heterocycles. The van der Waals surface area contributed by atoms with Crippen LogP contribution in [0, 0.1) is 5.92 Å². The van der Waals surface area contributed by atoms with Crippen molar-refractivity contribution in [3.05, 3.63) is 17.8 Å². The number of nitrogens with zero attached hydrogens (tertiary/aromatic N) is 1. The predicted molar refractivity (Wildman–Crippen MR) is 68.1 cm³/mol. The first kappa shape index (κ1) is 13.3. The third-order valence-corrected chi connectivity index (χ3v) is 2.74. The van der Waals surface area contributed by atoms with Gasteiger partial charge < -0.3 is 16.2 Å². The zero-order chi connectivity index (χ0) is 13.0. The highest BCUT2D eigenvalue weighted by atomic mass is 16.4. The van der Waals surface area contributed by atoms with Gasteiger partial charge in [-0.1, -0.05) is 20.8 Å². The van der Waals surface area contributed by atoms with E-state index in [2.05, 4.69) is 31.1 Å². The number of carbonyl (C=O) groups is 1. The molecule has 17 heavy (non-hydrogen) atoms. The summed E-state index contributed by atoms with van der Waals surface area (Å²) in [5.74, 6) is -0.0321. The summed E-state index contributed by atoms with van der Waals surface area (Å²) in [6.45, 7) is 6.29. The molecular formula is C12H19N3O2. The maximum Gasteiger partial charge on any atom is 0.337 e. The lowest BCUT2D eigenvalue weighted by molar-refractivity contribution is 0.0698.